The summed E-state index contributed by atoms with van der Waals surface area (Å²) < 4.78 is 10.6. The Morgan fingerprint density at radius 2 is 1.89 bits per heavy atom. The van der Waals surface area contributed by atoms with Gasteiger partial charge in [-0.1, -0.05) is 25.3 Å². The fourth-order valence-corrected chi connectivity index (χ4v) is 2.80. The minimum Gasteiger partial charge on any atom is -0.497 e. The summed E-state index contributed by atoms with van der Waals surface area (Å²) in [5, 5.41) is 3.56. The second-order valence-electron chi connectivity index (χ2n) is 5.31. The summed E-state index contributed by atoms with van der Waals surface area (Å²) in [5.41, 5.74) is 1.19. The van der Waals surface area contributed by atoms with Gasteiger partial charge in [0.15, 0.2) is 0 Å². The number of nitrogens with one attached hydrogen (secondary N) is 1. The van der Waals surface area contributed by atoms with Crippen LogP contribution < -0.4 is 14.8 Å². The van der Waals surface area contributed by atoms with Crippen LogP contribution in [0, 0.1) is 5.92 Å². The van der Waals surface area contributed by atoms with Gasteiger partial charge in [-0.25, -0.2) is 0 Å². The van der Waals surface area contributed by atoms with E-state index in [0.717, 1.165) is 30.5 Å². The van der Waals surface area contributed by atoms with E-state index in [1.165, 1.54) is 37.7 Å². The lowest BCUT2D eigenvalue weighted by Crippen LogP contribution is -2.24. The van der Waals surface area contributed by atoms with Gasteiger partial charge in [-0.2, -0.15) is 0 Å². The first-order valence-electron chi connectivity index (χ1n) is 7.25. The highest BCUT2D eigenvalue weighted by molar-refractivity contribution is 5.40. The molecule has 106 valence electrons. The van der Waals surface area contributed by atoms with Crippen LogP contribution in [-0.4, -0.2) is 20.8 Å². The molecule has 1 aromatic rings. The monoisotopic (exact) mass is 263 g/mol. The molecule has 0 radical (unpaired) electrons. The van der Waals surface area contributed by atoms with Gasteiger partial charge in [0.05, 0.1) is 14.2 Å². The average Bonchev–Trinajstić information content (AvgIpc) is 2.48. The lowest BCUT2D eigenvalue weighted by atomic mass is 9.89. The Kier molecular flexibility index (Phi) is 5.52. The summed E-state index contributed by atoms with van der Waals surface area (Å²) in [5.74, 6) is 2.60. The molecule has 1 aliphatic rings. The lowest BCUT2D eigenvalue weighted by Gasteiger charge is -2.22. The van der Waals surface area contributed by atoms with Crippen LogP contribution in [0.5, 0.6) is 11.5 Å². The predicted molar refractivity (Wildman–Crippen MR) is 77.8 cm³/mol. The molecule has 0 spiro atoms. The maximum absolute atomic E-state index is 5.41. The molecule has 1 aromatic carbocycles. The van der Waals surface area contributed by atoms with E-state index in [9.17, 15) is 0 Å². The Morgan fingerprint density at radius 1 is 1.11 bits per heavy atom. The fourth-order valence-electron chi connectivity index (χ4n) is 2.80. The smallest absolute Gasteiger partial charge is 0.127 e. The van der Waals surface area contributed by atoms with Crippen LogP contribution in [-0.2, 0) is 6.54 Å². The third-order valence-corrected chi connectivity index (χ3v) is 3.97. The molecule has 1 saturated carbocycles. The maximum atomic E-state index is 5.41. The second-order valence-corrected chi connectivity index (χ2v) is 5.31. The van der Waals surface area contributed by atoms with Crippen molar-refractivity contribution in [2.24, 2.45) is 5.92 Å². The molecule has 0 saturated heterocycles. The average molecular weight is 263 g/mol. The topological polar surface area (TPSA) is 30.5 Å². The molecule has 1 fully saturated rings. The number of rotatable bonds is 6. The molecular weight excluding hydrogens is 238 g/mol. The van der Waals surface area contributed by atoms with Gasteiger partial charge >= 0.3 is 0 Å². The van der Waals surface area contributed by atoms with E-state index >= 15 is 0 Å². The summed E-state index contributed by atoms with van der Waals surface area (Å²) >= 11 is 0. The van der Waals surface area contributed by atoms with E-state index in [0.29, 0.717) is 0 Å². The number of benzene rings is 1. The highest BCUT2D eigenvalue weighted by Crippen LogP contribution is 2.25. The number of ether oxygens (including phenoxy) is 2. The molecule has 0 heterocycles. The zero-order chi connectivity index (χ0) is 13.5. The molecule has 0 amide bonds. The fraction of sp³-hybridized carbons (Fsp3) is 0.625. The first kappa shape index (κ1) is 14.2. The molecule has 0 unspecified atom stereocenters. The highest BCUT2D eigenvalue weighted by Gasteiger charge is 2.13. The molecule has 0 atom stereocenters. The minimum absolute atomic E-state index is 0.841. The summed E-state index contributed by atoms with van der Waals surface area (Å²) in [6, 6.07) is 6.00. The van der Waals surface area contributed by atoms with Gasteiger partial charge in [0, 0.05) is 18.2 Å². The van der Waals surface area contributed by atoms with E-state index in [1.54, 1.807) is 14.2 Å². The van der Waals surface area contributed by atoms with Gasteiger partial charge in [-0.3, -0.25) is 0 Å². The van der Waals surface area contributed by atoms with Crippen LogP contribution in [0.1, 0.15) is 37.7 Å². The van der Waals surface area contributed by atoms with Gasteiger partial charge in [0.25, 0.3) is 0 Å². The first-order valence-corrected chi connectivity index (χ1v) is 7.25. The Balaban J connectivity index is 1.84. The van der Waals surface area contributed by atoms with Crippen LogP contribution in [0.3, 0.4) is 0 Å². The lowest BCUT2D eigenvalue weighted by molar-refractivity contribution is 0.340. The standard InChI is InChI=1S/C16H25NO2/c1-18-15-9-8-14(16(10-15)19-2)12-17-11-13-6-4-3-5-7-13/h8-10,13,17H,3-7,11-12H2,1-2H3. The Labute approximate surface area is 116 Å². The molecule has 19 heavy (non-hydrogen) atoms. The van der Waals surface area contributed by atoms with E-state index in [4.69, 9.17) is 9.47 Å². The zero-order valence-corrected chi connectivity index (χ0v) is 12.1. The number of hydrogen-bond acceptors (Lipinski definition) is 3. The molecule has 1 N–H and O–H groups in total. The SMILES string of the molecule is COc1ccc(CNCC2CCCCC2)c(OC)c1. The Morgan fingerprint density at radius 3 is 2.58 bits per heavy atom. The van der Waals surface area contributed by atoms with Crippen molar-refractivity contribution in [1.82, 2.24) is 5.32 Å². The highest BCUT2D eigenvalue weighted by atomic mass is 16.5. The molecular formula is C16H25NO2. The van der Waals surface area contributed by atoms with Crippen LogP contribution >= 0.6 is 0 Å². The molecule has 3 nitrogen and oxygen atoms in total. The van der Waals surface area contributed by atoms with Gasteiger partial charge in [0.1, 0.15) is 11.5 Å². The molecule has 2 rings (SSSR count). The van der Waals surface area contributed by atoms with E-state index in [2.05, 4.69) is 11.4 Å². The second kappa shape index (κ2) is 7.39. The Bertz CT molecular complexity index is 386. The van der Waals surface area contributed by atoms with Crippen molar-refractivity contribution >= 4 is 0 Å². The minimum atomic E-state index is 0.841. The molecule has 0 bridgehead atoms. The third kappa shape index (κ3) is 4.13. The van der Waals surface area contributed by atoms with E-state index in [-0.39, 0.29) is 0 Å². The van der Waals surface area contributed by atoms with Crippen molar-refractivity contribution in [2.75, 3.05) is 20.8 Å². The van der Waals surface area contributed by atoms with E-state index in [1.807, 2.05) is 12.1 Å². The predicted octanol–water partition coefficient (Wildman–Crippen LogP) is 3.37. The Hall–Kier alpha value is -1.22. The third-order valence-electron chi connectivity index (χ3n) is 3.97. The van der Waals surface area contributed by atoms with Crippen molar-refractivity contribution in [3.8, 4) is 11.5 Å². The van der Waals surface area contributed by atoms with Crippen molar-refractivity contribution in [1.29, 1.82) is 0 Å². The van der Waals surface area contributed by atoms with Crippen molar-refractivity contribution in [2.45, 2.75) is 38.6 Å². The largest absolute Gasteiger partial charge is 0.497 e. The summed E-state index contributed by atoms with van der Waals surface area (Å²) in [4.78, 5) is 0. The molecule has 1 aliphatic carbocycles. The normalized spacial score (nSPS) is 16.3. The van der Waals surface area contributed by atoms with Gasteiger partial charge in [-0.15, -0.1) is 0 Å². The molecule has 3 heteroatoms. The molecule has 0 aromatic heterocycles. The van der Waals surface area contributed by atoms with Gasteiger partial charge in [-0.05, 0) is 31.4 Å². The zero-order valence-electron chi connectivity index (χ0n) is 12.1. The van der Waals surface area contributed by atoms with Crippen LogP contribution in [0.25, 0.3) is 0 Å². The summed E-state index contributed by atoms with van der Waals surface area (Å²) in [6.45, 7) is 1.98. The number of methoxy groups -OCH3 is 2. The quantitative estimate of drug-likeness (QED) is 0.853. The van der Waals surface area contributed by atoms with Crippen molar-refractivity contribution in [3.05, 3.63) is 23.8 Å². The number of hydrogen-bond donors (Lipinski definition) is 1. The van der Waals surface area contributed by atoms with Gasteiger partial charge < -0.3 is 14.8 Å². The summed E-state index contributed by atoms with van der Waals surface area (Å²) in [6.07, 6.45) is 6.98. The molecule has 0 aliphatic heterocycles. The van der Waals surface area contributed by atoms with Crippen molar-refractivity contribution in [3.63, 3.8) is 0 Å². The van der Waals surface area contributed by atoms with Crippen LogP contribution in [0.2, 0.25) is 0 Å². The van der Waals surface area contributed by atoms with Crippen molar-refractivity contribution < 1.29 is 9.47 Å². The first-order chi connectivity index (χ1) is 9.33. The van der Waals surface area contributed by atoms with Crippen LogP contribution in [0.4, 0.5) is 0 Å². The van der Waals surface area contributed by atoms with Crippen LogP contribution in [0.15, 0.2) is 18.2 Å². The maximum Gasteiger partial charge on any atom is 0.127 e. The summed E-state index contributed by atoms with van der Waals surface area (Å²) in [7, 11) is 3.38. The van der Waals surface area contributed by atoms with Gasteiger partial charge in [0.2, 0.25) is 0 Å². The van der Waals surface area contributed by atoms with E-state index < -0.39 is 0 Å².